The molecule has 0 aliphatic heterocycles. The zero-order valence-electron chi connectivity index (χ0n) is 19.8. The Bertz CT molecular complexity index is 726. The van der Waals surface area contributed by atoms with Crippen LogP contribution in [0.4, 0.5) is 4.79 Å². The van der Waals surface area contributed by atoms with E-state index in [0.717, 1.165) is 18.4 Å². The number of amides is 2. The third-order valence-corrected chi connectivity index (χ3v) is 6.27. The number of rotatable bonds is 9. The summed E-state index contributed by atoms with van der Waals surface area (Å²) >= 11 is 5.98. The molecule has 180 valence electrons. The van der Waals surface area contributed by atoms with E-state index in [4.69, 9.17) is 16.3 Å². The Morgan fingerprint density at radius 3 is 2.34 bits per heavy atom. The van der Waals surface area contributed by atoms with Gasteiger partial charge in [-0.25, -0.2) is 4.79 Å². The smallest absolute Gasteiger partial charge is 0.407 e. The number of ether oxygens (including phenoxy) is 1. The van der Waals surface area contributed by atoms with E-state index in [0.29, 0.717) is 23.8 Å². The maximum absolute atomic E-state index is 12.6. The first-order valence-corrected chi connectivity index (χ1v) is 12.1. The highest BCUT2D eigenvalue weighted by Crippen LogP contribution is 2.29. The summed E-state index contributed by atoms with van der Waals surface area (Å²) in [5.74, 6) is -0.105. The Morgan fingerprint density at radius 1 is 1.16 bits per heavy atom. The van der Waals surface area contributed by atoms with Crippen LogP contribution in [-0.4, -0.2) is 41.9 Å². The van der Waals surface area contributed by atoms with Gasteiger partial charge in [0.05, 0.1) is 12.1 Å². The minimum absolute atomic E-state index is 0.132. The van der Waals surface area contributed by atoms with Crippen molar-refractivity contribution < 1.29 is 19.4 Å². The van der Waals surface area contributed by atoms with Crippen LogP contribution >= 0.6 is 11.6 Å². The molecule has 1 fully saturated rings. The number of hydrogen-bond donors (Lipinski definition) is 3. The molecule has 3 atom stereocenters. The van der Waals surface area contributed by atoms with E-state index in [1.54, 1.807) is 19.2 Å². The summed E-state index contributed by atoms with van der Waals surface area (Å²) in [6.45, 7) is 5.44. The van der Waals surface area contributed by atoms with Crippen molar-refractivity contribution in [1.29, 1.82) is 0 Å². The van der Waals surface area contributed by atoms with Gasteiger partial charge in [-0.1, -0.05) is 55.8 Å². The lowest BCUT2D eigenvalue weighted by Crippen LogP contribution is -2.48. The van der Waals surface area contributed by atoms with Gasteiger partial charge in [0.1, 0.15) is 5.60 Å². The van der Waals surface area contributed by atoms with Crippen molar-refractivity contribution in [2.45, 2.75) is 89.9 Å². The van der Waals surface area contributed by atoms with E-state index >= 15 is 0 Å². The van der Waals surface area contributed by atoms with Gasteiger partial charge in [-0.15, -0.1) is 0 Å². The molecule has 2 rings (SSSR count). The summed E-state index contributed by atoms with van der Waals surface area (Å²) in [5, 5.41) is 17.4. The number of aliphatic hydroxyl groups is 1. The normalized spacial score (nSPS) is 17.8. The van der Waals surface area contributed by atoms with Crippen LogP contribution in [0, 0.1) is 11.8 Å². The number of carbonyl (C=O) groups is 2. The average molecular weight is 467 g/mol. The topological polar surface area (TPSA) is 87.7 Å². The van der Waals surface area contributed by atoms with E-state index in [1.807, 2.05) is 32.9 Å². The van der Waals surface area contributed by atoms with Gasteiger partial charge >= 0.3 is 6.09 Å². The van der Waals surface area contributed by atoms with Crippen LogP contribution in [0.15, 0.2) is 24.3 Å². The van der Waals surface area contributed by atoms with Crippen molar-refractivity contribution in [3.05, 3.63) is 34.9 Å². The molecule has 1 aromatic rings. The third kappa shape index (κ3) is 9.37. The minimum Gasteiger partial charge on any atom is -0.444 e. The molecule has 0 saturated heterocycles. The molecule has 0 bridgehead atoms. The maximum Gasteiger partial charge on any atom is 0.407 e. The average Bonchev–Trinajstić information content (AvgIpc) is 2.73. The quantitative estimate of drug-likeness (QED) is 0.485. The predicted molar refractivity (Wildman–Crippen MR) is 128 cm³/mol. The van der Waals surface area contributed by atoms with Crippen molar-refractivity contribution in [3.8, 4) is 0 Å². The molecule has 6 nitrogen and oxygen atoms in total. The Kier molecular flexibility index (Phi) is 10.3. The zero-order chi connectivity index (χ0) is 23.7. The van der Waals surface area contributed by atoms with Crippen LogP contribution < -0.4 is 10.6 Å². The Balaban J connectivity index is 2.11. The second-order valence-corrected chi connectivity index (χ2v) is 10.4. The van der Waals surface area contributed by atoms with Crippen molar-refractivity contribution in [2.75, 3.05) is 7.05 Å². The summed E-state index contributed by atoms with van der Waals surface area (Å²) in [5.41, 5.74) is 0.350. The van der Waals surface area contributed by atoms with Crippen molar-refractivity contribution in [2.24, 2.45) is 11.8 Å². The molecule has 1 aliphatic carbocycles. The molecule has 2 unspecified atom stereocenters. The second kappa shape index (κ2) is 12.4. The van der Waals surface area contributed by atoms with Gasteiger partial charge in [-0.05, 0) is 63.6 Å². The van der Waals surface area contributed by atoms with E-state index in [2.05, 4.69) is 10.6 Å². The highest BCUT2D eigenvalue weighted by atomic mass is 35.5. The van der Waals surface area contributed by atoms with Gasteiger partial charge in [0.25, 0.3) is 0 Å². The maximum atomic E-state index is 12.6. The van der Waals surface area contributed by atoms with Crippen molar-refractivity contribution >= 4 is 23.6 Å². The second-order valence-electron chi connectivity index (χ2n) is 9.94. The first-order valence-electron chi connectivity index (χ1n) is 11.7. The Labute approximate surface area is 197 Å². The third-order valence-electron chi connectivity index (χ3n) is 6.02. The number of halogens is 1. The molecule has 1 aliphatic rings. The van der Waals surface area contributed by atoms with Crippen LogP contribution in [0.1, 0.15) is 71.3 Å². The van der Waals surface area contributed by atoms with Crippen molar-refractivity contribution in [3.63, 3.8) is 0 Å². The largest absolute Gasteiger partial charge is 0.444 e. The molecule has 7 heteroatoms. The molecule has 0 radical (unpaired) electrons. The van der Waals surface area contributed by atoms with Crippen molar-refractivity contribution in [1.82, 2.24) is 10.6 Å². The molecule has 2 amide bonds. The summed E-state index contributed by atoms with van der Waals surface area (Å²) in [6, 6.07) is 6.91. The fraction of sp³-hybridized carbons (Fsp3) is 0.680. The Hall–Kier alpha value is -1.79. The van der Waals surface area contributed by atoms with Gasteiger partial charge < -0.3 is 20.5 Å². The molecule has 0 heterocycles. The Morgan fingerprint density at radius 2 is 1.78 bits per heavy atom. The molecule has 32 heavy (non-hydrogen) atoms. The van der Waals surface area contributed by atoms with Crippen LogP contribution in [0.25, 0.3) is 0 Å². The number of nitrogens with one attached hydrogen (secondary N) is 2. The highest BCUT2D eigenvalue weighted by Gasteiger charge is 2.31. The molecular weight excluding hydrogens is 428 g/mol. The standard InChI is InChI=1S/C25H39ClN2O4/c1-25(2,3)32-24(31)28-21(15-17-8-6-5-7-9-17)22(29)16-19(23(30)27-4)14-18-10-12-20(26)13-11-18/h10-13,17,19,21-22,29H,5-9,14-16H2,1-4H3,(H,27,30)(H,28,31)/t19?,21-,22?/m0/s1. The zero-order valence-corrected chi connectivity index (χ0v) is 20.6. The van der Waals surface area contributed by atoms with Gasteiger partial charge in [0.15, 0.2) is 0 Å². The number of alkyl carbamates (subject to hydrolysis) is 1. The molecular formula is C25H39ClN2O4. The fourth-order valence-corrected chi connectivity index (χ4v) is 4.53. The lowest BCUT2D eigenvalue weighted by atomic mass is 9.82. The predicted octanol–water partition coefficient (Wildman–Crippen LogP) is 4.86. The lowest BCUT2D eigenvalue weighted by Gasteiger charge is -2.32. The molecule has 0 spiro atoms. The fourth-order valence-electron chi connectivity index (χ4n) is 4.40. The van der Waals surface area contributed by atoms with E-state index < -0.39 is 29.8 Å². The SMILES string of the molecule is CNC(=O)C(Cc1ccc(Cl)cc1)CC(O)[C@H](CC1CCCCC1)NC(=O)OC(C)(C)C. The summed E-state index contributed by atoms with van der Waals surface area (Å²) in [7, 11) is 1.60. The summed E-state index contributed by atoms with van der Waals surface area (Å²) in [6.07, 6.45) is 5.81. The molecule has 3 N–H and O–H groups in total. The minimum atomic E-state index is -0.862. The summed E-state index contributed by atoms with van der Waals surface area (Å²) in [4.78, 5) is 25.1. The van der Waals surface area contributed by atoms with Gasteiger partial charge in [0, 0.05) is 18.0 Å². The van der Waals surface area contributed by atoms with E-state index in [-0.39, 0.29) is 12.3 Å². The number of aliphatic hydroxyl groups excluding tert-OH is 1. The van der Waals surface area contributed by atoms with Gasteiger partial charge in [-0.2, -0.15) is 0 Å². The first-order chi connectivity index (χ1) is 15.1. The van der Waals surface area contributed by atoms with Crippen LogP contribution in [0.5, 0.6) is 0 Å². The van der Waals surface area contributed by atoms with E-state index in [1.165, 1.54) is 19.3 Å². The molecule has 1 saturated carbocycles. The highest BCUT2D eigenvalue weighted by molar-refractivity contribution is 6.30. The van der Waals surface area contributed by atoms with Crippen LogP contribution in [0.2, 0.25) is 5.02 Å². The number of carbonyl (C=O) groups excluding carboxylic acids is 2. The molecule has 1 aromatic carbocycles. The number of hydrogen-bond acceptors (Lipinski definition) is 4. The van der Waals surface area contributed by atoms with Crippen LogP contribution in [-0.2, 0) is 16.0 Å². The van der Waals surface area contributed by atoms with Crippen LogP contribution in [0.3, 0.4) is 0 Å². The first kappa shape index (κ1) is 26.5. The van der Waals surface area contributed by atoms with E-state index in [9.17, 15) is 14.7 Å². The number of benzene rings is 1. The summed E-state index contributed by atoms with van der Waals surface area (Å²) < 4.78 is 5.44. The van der Waals surface area contributed by atoms with Gasteiger partial charge in [0.2, 0.25) is 5.91 Å². The lowest BCUT2D eigenvalue weighted by molar-refractivity contribution is -0.125. The molecule has 0 aromatic heterocycles. The monoisotopic (exact) mass is 466 g/mol. The van der Waals surface area contributed by atoms with Gasteiger partial charge in [-0.3, -0.25) is 4.79 Å².